The molecule has 8 heteroatoms. The van der Waals surface area contributed by atoms with Gasteiger partial charge in [-0.15, -0.1) is 0 Å². The van der Waals surface area contributed by atoms with Gasteiger partial charge in [0.2, 0.25) is 11.9 Å². The lowest BCUT2D eigenvalue weighted by molar-refractivity contribution is 0.0732. The van der Waals surface area contributed by atoms with Gasteiger partial charge in [0, 0.05) is 19.3 Å². The second kappa shape index (κ2) is 6.82. The van der Waals surface area contributed by atoms with Gasteiger partial charge in [0.1, 0.15) is 0 Å². The molecule has 5 heterocycles. The molecule has 3 aliphatic rings. The summed E-state index contributed by atoms with van der Waals surface area (Å²) in [6.45, 7) is 3.18. The first-order valence-corrected chi connectivity index (χ1v) is 10.2. The lowest BCUT2D eigenvalue weighted by Crippen LogP contribution is -2.58. The summed E-state index contributed by atoms with van der Waals surface area (Å²) in [5.41, 5.74) is 3.00. The first kappa shape index (κ1) is 16.9. The molecule has 29 heavy (non-hydrogen) atoms. The number of ether oxygens (including phenoxy) is 1. The summed E-state index contributed by atoms with van der Waals surface area (Å²) in [6.07, 6.45) is 4.28. The van der Waals surface area contributed by atoms with E-state index in [1.165, 1.54) is 0 Å². The number of pyridine rings is 1. The Balaban J connectivity index is 1.41. The number of benzene rings is 1. The molecule has 0 aliphatic carbocycles. The molecule has 2 atom stereocenters. The Kier molecular flexibility index (Phi) is 3.98. The largest absolute Gasteiger partial charge is 0.377 e. The van der Waals surface area contributed by atoms with Crippen molar-refractivity contribution in [2.45, 2.75) is 25.1 Å². The molecule has 0 radical (unpaired) electrons. The van der Waals surface area contributed by atoms with Crippen LogP contribution in [0.15, 0.2) is 53.7 Å². The molecule has 3 aromatic rings. The third-order valence-electron chi connectivity index (χ3n) is 5.81. The van der Waals surface area contributed by atoms with Crippen molar-refractivity contribution in [1.29, 1.82) is 0 Å². The molecular weight excluding hydrogens is 366 g/mol. The van der Waals surface area contributed by atoms with Gasteiger partial charge in [-0.05, 0) is 37.1 Å². The van der Waals surface area contributed by atoms with E-state index in [0.717, 1.165) is 61.3 Å². The number of guanidine groups is 1. The van der Waals surface area contributed by atoms with Crippen LogP contribution >= 0.6 is 0 Å². The Labute approximate surface area is 168 Å². The molecule has 0 saturated carbocycles. The summed E-state index contributed by atoms with van der Waals surface area (Å²) in [5, 5.41) is 3.60. The zero-order valence-corrected chi connectivity index (χ0v) is 16.1. The highest BCUT2D eigenvalue weighted by Crippen LogP contribution is 2.33. The van der Waals surface area contributed by atoms with Gasteiger partial charge >= 0.3 is 0 Å². The van der Waals surface area contributed by atoms with E-state index in [-0.39, 0.29) is 6.17 Å². The van der Waals surface area contributed by atoms with Gasteiger partial charge in [-0.3, -0.25) is 19.4 Å². The number of aromatic nitrogens is 3. The molecule has 1 fully saturated rings. The van der Waals surface area contributed by atoms with E-state index in [9.17, 15) is 0 Å². The number of rotatable bonds is 3. The molecule has 1 saturated heterocycles. The molecule has 148 valence electrons. The number of para-hydroxylation sites is 2. The van der Waals surface area contributed by atoms with Crippen LogP contribution in [0.4, 0.5) is 5.95 Å². The minimum Gasteiger partial charge on any atom is -0.377 e. The van der Waals surface area contributed by atoms with Crippen LogP contribution in [0, 0.1) is 0 Å². The third kappa shape index (κ3) is 2.87. The summed E-state index contributed by atoms with van der Waals surface area (Å²) in [6, 6.07) is 14.2. The van der Waals surface area contributed by atoms with Crippen LogP contribution in [0.2, 0.25) is 0 Å². The third-order valence-corrected chi connectivity index (χ3v) is 5.81. The maximum atomic E-state index is 5.83. The number of nitrogens with one attached hydrogen (secondary N) is 1. The fourth-order valence-corrected chi connectivity index (χ4v) is 4.44. The van der Waals surface area contributed by atoms with Crippen molar-refractivity contribution < 1.29 is 4.74 Å². The number of hydrogen-bond acceptors (Lipinski definition) is 7. The van der Waals surface area contributed by atoms with Crippen LogP contribution in [-0.4, -0.2) is 58.0 Å². The Morgan fingerprint density at radius 2 is 2.07 bits per heavy atom. The van der Waals surface area contributed by atoms with Crippen LogP contribution in [0.25, 0.3) is 11.0 Å². The minimum absolute atomic E-state index is 0.140. The minimum atomic E-state index is -0.140. The standard InChI is InChI=1S/C21H23N7O/c1-2-9-18-16(7-1)24-21-27-14-26(12-15-6-5-11-29-15)13-23-20(27)25-19(28(18)21)17-8-3-4-10-22-17/h1-4,7-10,15,19H,5-6,11-14H2,(H,23,25)/t15-,19+/m0/s1. The van der Waals surface area contributed by atoms with E-state index < -0.39 is 0 Å². The van der Waals surface area contributed by atoms with Crippen LogP contribution < -0.4 is 10.2 Å². The van der Waals surface area contributed by atoms with Crippen molar-refractivity contribution in [2.24, 2.45) is 4.99 Å². The smallest absolute Gasteiger partial charge is 0.216 e. The molecule has 0 spiro atoms. The zero-order chi connectivity index (χ0) is 19.2. The molecule has 1 aromatic carbocycles. The van der Waals surface area contributed by atoms with Gasteiger partial charge in [-0.25, -0.2) is 9.98 Å². The van der Waals surface area contributed by atoms with Crippen molar-refractivity contribution in [3.05, 3.63) is 54.4 Å². The second-order valence-electron chi connectivity index (χ2n) is 7.75. The number of fused-ring (bicyclic) bond motifs is 5. The highest BCUT2D eigenvalue weighted by atomic mass is 16.5. The topological polar surface area (TPSA) is 70.8 Å². The van der Waals surface area contributed by atoms with Crippen molar-refractivity contribution in [1.82, 2.24) is 24.8 Å². The molecular formula is C21H23N7O. The molecule has 1 N–H and O–H groups in total. The van der Waals surface area contributed by atoms with E-state index in [1.54, 1.807) is 0 Å². The molecule has 3 aliphatic heterocycles. The monoisotopic (exact) mass is 389 g/mol. The van der Waals surface area contributed by atoms with E-state index in [1.807, 2.05) is 30.5 Å². The number of aliphatic imine (C=N–C) groups is 1. The Morgan fingerprint density at radius 1 is 1.14 bits per heavy atom. The summed E-state index contributed by atoms with van der Waals surface area (Å²) in [5.74, 6) is 1.75. The van der Waals surface area contributed by atoms with Crippen LogP contribution in [0.3, 0.4) is 0 Å². The number of imidazole rings is 1. The maximum absolute atomic E-state index is 5.83. The summed E-state index contributed by atoms with van der Waals surface area (Å²) >= 11 is 0. The molecule has 0 unspecified atom stereocenters. The van der Waals surface area contributed by atoms with E-state index in [0.29, 0.717) is 12.8 Å². The maximum Gasteiger partial charge on any atom is 0.216 e. The van der Waals surface area contributed by atoms with Crippen LogP contribution in [0.5, 0.6) is 0 Å². The number of hydrogen-bond donors (Lipinski definition) is 1. The van der Waals surface area contributed by atoms with Gasteiger partial charge in [0.05, 0.1) is 36.2 Å². The average Bonchev–Trinajstić information content (AvgIpc) is 3.42. The molecule has 2 aromatic heterocycles. The van der Waals surface area contributed by atoms with Gasteiger partial charge in [-0.2, -0.15) is 0 Å². The summed E-state index contributed by atoms with van der Waals surface area (Å²) < 4.78 is 8.06. The fraction of sp³-hybridized carbons (Fsp3) is 0.381. The van der Waals surface area contributed by atoms with Gasteiger partial charge in [-0.1, -0.05) is 18.2 Å². The Morgan fingerprint density at radius 3 is 2.93 bits per heavy atom. The summed E-state index contributed by atoms with van der Waals surface area (Å²) in [4.78, 5) is 18.9. The highest BCUT2D eigenvalue weighted by molar-refractivity contribution is 5.98. The first-order chi connectivity index (χ1) is 14.4. The fourth-order valence-electron chi connectivity index (χ4n) is 4.44. The Bertz CT molecular complexity index is 1060. The second-order valence-corrected chi connectivity index (χ2v) is 7.75. The van der Waals surface area contributed by atoms with Crippen molar-refractivity contribution in [3.8, 4) is 0 Å². The molecule has 8 nitrogen and oxygen atoms in total. The SMILES string of the molecule is c1ccc([C@@H]2NC3=NCN(C[C@@H]4CCCO4)CN3c3nc4ccccc4n32)nc1. The normalized spacial score (nSPS) is 24.1. The van der Waals surface area contributed by atoms with Crippen molar-refractivity contribution >= 4 is 22.9 Å². The predicted molar refractivity (Wildman–Crippen MR) is 111 cm³/mol. The van der Waals surface area contributed by atoms with Gasteiger partial charge < -0.3 is 10.1 Å². The van der Waals surface area contributed by atoms with Crippen molar-refractivity contribution in [2.75, 3.05) is 31.4 Å². The van der Waals surface area contributed by atoms with Crippen LogP contribution in [0.1, 0.15) is 24.7 Å². The van der Waals surface area contributed by atoms with E-state index in [4.69, 9.17) is 14.7 Å². The number of nitrogens with zero attached hydrogens (tertiary/aromatic N) is 6. The number of anilines is 1. The Hall–Kier alpha value is -2.97. The van der Waals surface area contributed by atoms with E-state index in [2.05, 4.69) is 42.9 Å². The van der Waals surface area contributed by atoms with Gasteiger partial charge in [0.25, 0.3) is 0 Å². The molecule has 6 rings (SSSR count). The lowest BCUT2D eigenvalue weighted by atomic mass is 10.2. The quantitative estimate of drug-likeness (QED) is 0.740. The van der Waals surface area contributed by atoms with Crippen LogP contribution in [-0.2, 0) is 4.74 Å². The lowest BCUT2D eigenvalue weighted by Gasteiger charge is -2.41. The van der Waals surface area contributed by atoms with E-state index >= 15 is 0 Å². The predicted octanol–water partition coefficient (Wildman–Crippen LogP) is 2.15. The molecule has 0 bridgehead atoms. The average molecular weight is 389 g/mol. The first-order valence-electron chi connectivity index (χ1n) is 10.2. The van der Waals surface area contributed by atoms with Crippen molar-refractivity contribution in [3.63, 3.8) is 0 Å². The van der Waals surface area contributed by atoms with Gasteiger partial charge in [0.15, 0.2) is 6.17 Å². The highest BCUT2D eigenvalue weighted by Gasteiger charge is 2.36. The zero-order valence-electron chi connectivity index (χ0n) is 16.1. The summed E-state index contributed by atoms with van der Waals surface area (Å²) in [7, 11) is 0. The molecule has 0 amide bonds.